The number of unbranched alkanes of at least 4 members (excludes halogenated alkanes) is 1. The van der Waals surface area contributed by atoms with Crippen molar-refractivity contribution in [1.82, 2.24) is 0 Å². The molecule has 0 saturated heterocycles. The molecular weight excluding hydrogens is 500 g/mol. The van der Waals surface area contributed by atoms with E-state index in [0.29, 0.717) is 30.6 Å². The first kappa shape index (κ1) is 29.0. The van der Waals surface area contributed by atoms with Crippen molar-refractivity contribution in [1.29, 1.82) is 0 Å². The van der Waals surface area contributed by atoms with Gasteiger partial charge in [0.2, 0.25) is 0 Å². The van der Waals surface area contributed by atoms with Crippen molar-refractivity contribution in [2.45, 2.75) is 122 Å². The normalized spacial score (nSPS) is 36.0. The fourth-order valence-corrected chi connectivity index (χ4v) is 9.42. The Hall–Kier alpha value is -1.46. The van der Waals surface area contributed by atoms with Gasteiger partial charge in [0.1, 0.15) is 0 Å². The summed E-state index contributed by atoms with van der Waals surface area (Å²) in [5.74, 6) is 1.64. The van der Waals surface area contributed by atoms with Crippen molar-refractivity contribution < 1.29 is 15.3 Å². The molecule has 1 unspecified atom stereocenters. The van der Waals surface area contributed by atoms with Gasteiger partial charge in [0.05, 0.1) is 18.3 Å². The molecule has 4 heteroatoms. The minimum absolute atomic E-state index is 0.0496. The van der Waals surface area contributed by atoms with E-state index in [1.165, 1.54) is 54.5 Å². The van der Waals surface area contributed by atoms with E-state index < -0.39 is 18.3 Å². The Morgan fingerprint density at radius 2 is 1.95 bits per heavy atom. The molecule has 4 fully saturated rings. The first-order valence-electron chi connectivity index (χ1n) is 15.6. The van der Waals surface area contributed by atoms with E-state index in [2.05, 4.69) is 63.1 Å². The third-order valence-corrected chi connectivity index (χ3v) is 12.1. The summed E-state index contributed by atoms with van der Waals surface area (Å²) in [5, 5.41) is 34.0. The summed E-state index contributed by atoms with van der Waals surface area (Å²) in [7, 11) is 0. The predicted molar refractivity (Wildman–Crippen MR) is 163 cm³/mol. The molecule has 0 spiro atoms. The quantitative estimate of drug-likeness (QED) is 0.275. The van der Waals surface area contributed by atoms with E-state index in [-0.39, 0.29) is 10.8 Å². The molecule has 214 valence electrons. The number of fused-ring (bicyclic) bond motifs is 1. The second-order valence-corrected chi connectivity index (χ2v) is 14.3. The standard InChI is InChI=1S/C35H50O3S/c1-5-6-8-25-19-33(39-22-25)35(17-18-35)32(38)15-10-23(2)29-13-14-30-26(9-7-16-34(29,30)4)11-12-27-20-28(36)21-31(37)24(27)3/h10-12,15,19,22-23,28-32,36-38H,3,5-9,13-14,16-18,20-21H2,1-2,4H3/b15-10+,26-11+,27-12-/t23-,28?,29-,30+,31+,32+,34-/m1/s1. The van der Waals surface area contributed by atoms with E-state index in [4.69, 9.17) is 0 Å². The summed E-state index contributed by atoms with van der Waals surface area (Å²) >= 11 is 1.85. The molecule has 0 aliphatic heterocycles. The van der Waals surface area contributed by atoms with Crippen LogP contribution in [0.25, 0.3) is 0 Å². The number of aliphatic hydroxyl groups is 3. The Labute approximate surface area is 240 Å². The van der Waals surface area contributed by atoms with Crippen LogP contribution in [0.1, 0.15) is 102 Å². The van der Waals surface area contributed by atoms with Gasteiger partial charge in [0.15, 0.2) is 0 Å². The molecule has 4 aliphatic carbocycles. The number of thiophene rings is 1. The second kappa shape index (κ2) is 11.8. The zero-order valence-electron chi connectivity index (χ0n) is 24.4. The van der Waals surface area contributed by atoms with Crippen LogP contribution in [-0.4, -0.2) is 33.6 Å². The molecule has 0 bridgehead atoms. The van der Waals surface area contributed by atoms with Crippen LogP contribution >= 0.6 is 11.3 Å². The summed E-state index contributed by atoms with van der Waals surface area (Å²) in [6, 6.07) is 2.37. The summed E-state index contributed by atoms with van der Waals surface area (Å²) in [5.41, 5.74) is 4.97. The summed E-state index contributed by atoms with van der Waals surface area (Å²) in [4.78, 5) is 1.38. The van der Waals surface area contributed by atoms with Crippen LogP contribution in [0.15, 0.2) is 59.0 Å². The van der Waals surface area contributed by atoms with E-state index in [1.54, 1.807) is 0 Å². The highest BCUT2D eigenvalue weighted by Gasteiger charge is 2.52. The lowest BCUT2D eigenvalue weighted by molar-refractivity contribution is 0.0862. The minimum Gasteiger partial charge on any atom is -0.393 e. The lowest BCUT2D eigenvalue weighted by atomic mass is 9.61. The van der Waals surface area contributed by atoms with Gasteiger partial charge in [-0.3, -0.25) is 0 Å². The average molecular weight is 551 g/mol. The Kier molecular flexibility index (Phi) is 8.79. The first-order chi connectivity index (χ1) is 18.7. The molecule has 1 aromatic rings. The molecule has 4 aliphatic rings. The maximum absolute atomic E-state index is 11.3. The van der Waals surface area contributed by atoms with Crippen LogP contribution in [0, 0.1) is 23.2 Å². The molecule has 3 N–H and O–H groups in total. The molecule has 39 heavy (non-hydrogen) atoms. The molecule has 0 aromatic carbocycles. The second-order valence-electron chi connectivity index (χ2n) is 13.4. The van der Waals surface area contributed by atoms with E-state index in [9.17, 15) is 15.3 Å². The zero-order chi connectivity index (χ0) is 27.8. The van der Waals surface area contributed by atoms with Crippen molar-refractivity contribution in [2.75, 3.05) is 0 Å². The number of rotatable bonds is 9. The smallest absolute Gasteiger partial charge is 0.0825 e. The topological polar surface area (TPSA) is 60.7 Å². The molecule has 0 amide bonds. The average Bonchev–Trinajstić information content (AvgIpc) is 3.44. The maximum atomic E-state index is 11.3. The number of allylic oxidation sites excluding steroid dienone is 4. The lowest BCUT2D eigenvalue weighted by Gasteiger charge is -2.44. The fraction of sp³-hybridized carbons (Fsp3) is 0.657. The first-order valence-corrected chi connectivity index (χ1v) is 16.4. The van der Waals surface area contributed by atoms with Gasteiger partial charge in [0.25, 0.3) is 0 Å². The zero-order valence-corrected chi connectivity index (χ0v) is 25.2. The van der Waals surface area contributed by atoms with Gasteiger partial charge in [-0.25, -0.2) is 0 Å². The van der Waals surface area contributed by atoms with Gasteiger partial charge < -0.3 is 15.3 Å². The molecule has 0 radical (unpaired) electrons. The molecule has 1 aromatic heterocycles. The third kappa shape index (κ3) is 5.82. The van der Waals surface area contributed by atoms with Gasteiger partial charge >= 0.3 is 0 Å². The SMILES string of the molecule is C=C1/C(=C\C=C2/CCC[C@]3(C)[C@@H]([C@H](C)/C=C/[C@H](O)C4(c5cc(CCCC)cs5)CC4)CC[C@@H]23)CC(O)C[C@@H]1O. The summed E-state index contributed by atoms with van der Waals surface area (Å²) in [6.45, 7) is 11.2. The van der Waals surface area contributed by atoms with Crippen LogP contribution in [-0.2, 0) is 11.8 Å². The molecule has 5 rings (SSSR count). The van der Waals surface area contributed by atoms with Gasteiger partial charge in [0, 0.05) is 16.7 Å². The summed E-state index contributed by atoms with van der Waals surface area (Å²) in [6.07, 6.45) is 20.2. The highest BCUT2D eigenvalue weighted by Crippen LogP contribution is 2.60. The van der Waals surface area contributed by atoms with E-state index in [1.807, 2.05) is 11.3 Å². The largest absolute Gasteiger partial charge is 0.393 e. The van der Waals surface area contributed by atoms with Crippen molar-refractivity contribution in [3.05, 3.63) is 69.5 Å². The Bertz CT molecular complexity index is 1120. The number of aryl methyl sites for hydroxylation is 1. The van der Waals surface area contributed by atoms with E-state index >= 15 is 0 Å². The lowest BCUT2D eigenvalue weighted by Crippen LogP contribution is -2.35. The van der Waals surface area contributed by atoms with Crippen molar-refractivity contribution in [3.8, 4) is 0 Å². The highest BCUT2D eigenvalue weighted by molar-refractivity contribution is 7.10. The van der Waals surface area contributed by atoms with Crippen LogP contribution in [0.4, 0.5) is 0 Å². The van der Waals surface area contributed by atoms with Gasteiger partial charge in [-0.15, -0.1) is 11.3 Å². The predicted octanol–water partition coefficient (Wildman–Crippen LogP) is 7.82. The Morgan fingerprint density at radius 1 is 1.15 bits per heavy atom. The van der Waals surface area contributed by atoms with Crippen molar-refractivity contribution >= 4 is 11.3 Å². The van der Waals surface area contributed by atoms with Crippen LogP contribution in [0.2, 0.25) is 0 Å². The van der Waals surface area contributed by atoms with Crippen LogP contribution in [0.5, 0.6) is 0 Å². The van der Waals surface area contributed by atoms with Crippen molar-refractivity contribution in [2.24, 2.45) is 23.2 Å². The maximum Gasteiger partial charge on any atom is 0.0825 e. The Balaban J connectivity index is 1.26. The monoisotopic (exact) mass is 550 g/mol. The van der Waals surface area contributed by atoms with Crippen LogP contribution < -0.4 is 0 Å². The highest BCUT2D eigenvalue weighted by atomic mass is 32.1. The molecule has 7 atom stereocenters. The third-order valence-electron chi connectivity index (χ3n) is 10.9. The number of hydrogen-bond donors (Lipinski definition) is 3. The summed E-state index contributed by atoms with van der Waals surface area (Å²) < 4.78 is 0. The Morgan fingerprint density at radius 3 is 2.69 bits per heavy atom. The molecular formula is C35H50O3S. The van der Waals surface area contributed by atoms with Gasteiger partial charge in [-0.2, -0.15) is 0 Å². The molecule has 3 nitrogen and oxygen atoms in total. The molecule has 1 heterocycles. The molecule has 4 saturated carbocycles. The van der Waals surface area contributed by atoms with Gasteiger partial charge in [-0.1, -0.05) is 63.6 Å². The fourth-order valence-electron chi connectivity index (χ4n) is 8.18. The number of aliphatic hydroxyl groups excluding tert-OH is 3. The van der Waals surface area contributed by atoms with Crippen LogP contribution in [0.3, 0.4) is 0 Å². The number of hydrogen-bond acceptors (Lipinski definition) is 4. The van der Waals surface area contributed by atoms with Gasteiger partial charge in [-0.05, 0) is 116 Å². The van der Waals surface area contributed by atoms with E-state index in [0.717, 1.165) is 36.8 Å². The minimum atomic E-state index is -0.633. The van der Waals surface area contributed by atoms with Crippen molar-refractivity contribution in [3.63, 3.8) is 0 Å².